The number of halogens is 3. The lowest BCUT2D eigenvalue weighted by atomic mass is 10.0. The van der Waals surface area contributed by atoms with Crippen LogP contribution in [0.2, 0.25) is 0 Å². The molecule has 4 aromatic rings. The number of rotatable bonds is 4. The van der Waals surface area contributed by atoms with E-state index >= 15 is 0 Å². The van der Waals surface area contributed by atoms with Crippen molar-refractivity contribution in [2.45, 2.75) is 32.6 Å². The summed E-state index contributed by atoms with van der Waals surface area (Å²) in [5.74, 6) is -1.30. The molecule has 0 bridgehead atoms. The Morgan fingerprint density at radius 3 is 2.30 bits per heavy atom. The number of aromatic nitrogens is 2. The van der Waals surface area contributed by atoms with Crippen molar-refractivity contribution in [2.75, 3.05) is 11.5 Å². The highest BCUT2D eigenvalue weighted by Crippen LogP contribution is 2.50. The quantitative estimate of drug-likeness (QED) is 0.282. The van der Waals surface area contributed by atoms with Gasteiger partial charge in [0.2, 0.25) is 0 Å². The molecule has 37 heavy (non-hydrogen) atoms. The van der Waals surface area contributed by atoms with Gasteiger partial charge in [-0.05, 0) is 68.1 Å². The zero-order valence-corrected chi connectivity index (χ0v) is 21.8. The fourth-order valence-corrected chi connectivity index (χ4v) is 7.62. The van der Waals surface area contributed by atoms with Gasteiger partial charge in [-0.25, -0.2) is 18.2 Å². The first-order valence-corrected chi connectivity index (χ1v) is 14.4. The molecule has 0 unspecified atom stereocenters. The van der Waals surface area contributed by atoms with E-state index in [1.165, 1.54) is 46.2 Å². The third-order valence-electron chi connectivity index (χ3n) is 6.64. The fraction of sp³-hybridized carbons (Fsp3) is 0.259. The van der Waals surface area contributed by atoms with E-state index in [4.69, 9.17) is 4.98 Å². The average molecular weight is 547 g/mol. The van der Waals surface area contributed by atoms with E-state index < -0.39 is 28.0 Å². The number of pyridine rings is 1. The van der Waals surface area contributed by atoms with Gasteiger partial charge >= 0.3 is 0 Å². The van der Waals surface area contributed by atoms with Crippen molar-refractivity contribution in [1.29, 1.82) is 0 Å². The molecule has 2 aromatic carbocycles. The van der Waals surface area contributed by atoms with Crippen molar-refractivity contribution in [3.05, 3.63) is 92.6 Å². The van der Waals surface area contributed by atoms with Crippen LogP contribution >= 0.6 is 21.9 Å². The molecule has 1 aliphatic heterocycles. The van der Waals surface area contributed by atoms with Crippen molar-refractivity contribution in [1.82, 2.24) is 9.55 Å². The minimum absolute atomic E-state index is 0.0339. The standard InChI is InChI=1S/C27H25F3N2O3S2/c1-15-11-20(29)12-16(2)25(15)32-14-18(3-6-23(32)33)24-26(21-5-4-19(28)13-22(21)30)36-27(31-24)17-7-9-37(34,35)10-8-17/h3-6,11-14,17,34-35H,7-10H2,1-2H3. The van der Waals surface area contributed by atoms with Crippen LogP contribution in [0.4, 0.5) is 13.2 Å². The van der Waals surface area contributed by atoms with E-state index in [9.17, 15) is 27.1 Å². The van der Waals surface area contributed by atoms with E-state index in [1.807, 2.05) is 0 Å². The largest absolute Gasteiger partial charge is 0.299 e. The zero-order valence-electron chi connectivity index (χ0n) is 20.2. The lowest BCUT2D eigenvalue weighted by Gasteiger charge is -2.38. The Bertz CT molecular complexity index is 1530. The summed E-state index contributed by atoms with van der Waals surface area (Å²) in [5.41, 5.74) is 2.58. The Kier molecular flexibility index (Phi) is 6.78. The van der Waals surface area contributed by atoms with Gasteiger partial charge in [-0.2, -0.15) is 10.6 Å². The topological polar surface area (TPSA) is 75.3 Å². The lowest BCUT2D eigenvalue weighted by Crippen LogP contribution is -2.19. The number of thiazole rings is 1. The van der Waals surface area contributed by atoms with E-state index in [-0.39, 0.29) is 28.5 Å². The molecule has 0 spiro atoms. The first kappa shape index (κ1) is 25.7. The summed E-state index contributed by atoms with van der Waals surface area (Å²) in [5, 5.41) is 0.718. The Hall–Kier alpha value is -2.92. The van der Waals surface area contributed by atoms with Crippen molar-refractivity contribution >= 4 is 21.9 Å². The SMILES string of the molecule is Cc1cc(F)cc(C)c1-n1cc(-c2nc(C3CCS(O)(O)CC3)sc2-c2ccc(F)cc2F)ccc1=O. The number of benzene rings is 2. The first-order valence-electron chi connectivity index (χ1n) is 11.7. The van der Waals surface area contributed by atoms with Crippen molar-refractivity contribution < 1.29 is 22.3 Å². The lowest BCUT2D eigenvalue weighted by molar-refractivity contribution is 0.457. The van der Waals surface area contributed by atoms with Crippen LogP contribution in [0.1, 0.15) is 34.9 Å². The predicted octanol–water partition coefficient (Wildman–Crippen LogP) is 7.29. The third-order valence-corrected chi connectivity index (χ3v) is 9.67. The van der Waals surface area contributed by atoms with Gasteiger partial charge in [0.25, 0.3) is 5.56 Å². The Labute approximate surface area is 217 Å². The number of aryl methyl sites for hydroxylation is 2. The van der Waals surface area contributed by atoms with Crippen LogP contribution < -0.4 is 5.56 Å². The molecule has 1 aliphatic rings. The summed E-state index contributed by atoms with van der Waals surface area (Å²) in [6, 6.07) is 9.08. The fourth-order valence-electron chi connectivity index (χ4n) is 4.80. The second-order valence-corrected chi connectivity index (χ2v) is 12.8. The average Bonchev–Trinajstić information content (AvgIpc) is 3.24. The maximum absolute atomic E-state index is 14.9. The van der Waals surface area contributed by atoms with Crippen LogP contribution in [0.5, 0.6) is 0 Å². The number of hydrogen-bond acceptors (Lipinski definition) is 5. The monoisotopic (exact) mass is 546 g/mol. The van der Waals surface area contributed by atoms with Crippen LogP contribution in [-0.4, -0.2) is 30.2 Å². The molecule has 5 nitrogen and oxygen atoms in total. The second-order valence-electron chi connectivity index (χ2n) is 9.35. The minimum atomic E-state index is -2.58. The third kappa shape index (κ3) is 5.11. The van der Waals surface area contributed by atoms with Gasteiger partial charge in [-0.15, -0.1) is 11.3 Å². The molecular weight excluding hydrogens is 521 g/mol. The molecular formula is C27H25F3N2O3S2. The van der Waals surface area contributed by atoms with Crippen LogP contribution in [-0.2, 0) is 0 Å². The first-order chi connectivity index (χ1) is 17.5. The molecule has 2 N–H and O–H groups in total. The van der Waals surface area contributed by atoms with E-state index in [0.29, 0.717) is 45.8 Å². The van der Waals surface area contributed by atoms with Gasteiger partial charge in [-0.3, -0.25) is 18.5 Å². The summed E-state index contributed by atoms with van der Waals surface area (Å²) in [4.78, 5) is 18.2. The van der Waals surface area contributed by atoms with Gasteiger partial charge in [0.1, 0.15) is 17.5 Å². The maximum atomic E-state index is 14.9. The molecule has 0 atom stereocenters. The second kappa shape index (κ2) is 9.75. The highest BCUT2D eigenvalue weighted by atomic mass is 32.3. The predicted molar refractivity (Wildman–Crippen MR) is 142 cm³/mol. The smallest absolute Gasteiger partial charge is 0.255 e. The summed E-state index contributed by atoms with van der Waals surface area (Å²) >= 11 is 1.28. The molecule has 194 valence electrons. The number of nitrogens with zero attached hydrogens (tertiary/aromatic N) is 2. The van der Waals surface area contributed by atoms with Crippen LogP contribution in [0.3, 0.4) is 0 Å². The van der Waals surface area contributed by atoms with Gasteiger partial charge < -0.3 is 0 Å². The van der Waals surface area contributed by atoms with Gasteiger partial charge in [0.05, 0.1) is 21.3 Å². The summed E-state index contributed by atoms with van der Waals surface area (Å²) in [7, 11) is -2.58. The molecule has 1 saturated heterocycles. The molecule has 5 rings (SSSR count). The Morgan fingerprint density at radius 1 is 0.973 bits per heavy atom. The van der Waals surface area contributed by atoms with Crippen LogP contribution in [0.25, 0.3) is 27.4 Å². The molecule has 0 aliphatic carbocycles. The maximum Gasteiger partial charge on any atom is 0.255 e. The summed E-state index contributed by atoms with van der Waals surface area (Å²) < 4.78 is 64.0. The van der Waals surface area contributed by atoms with E-state index in [0.717, 1.165) is 11.1 Å². The zero-order chi connectivity index (χ0) is 26.5. The van der Waals surface area contributed by atoms with E-state index in [1.54, 1.807) is 26.1 Å². The molecule has 3 heterocycles. The highest BCUT2D eigenvalue weighted by Gasteiger charge is 2.29. The highest BCUT2D eigenvalue weighted by molar-refractivity contribution is 8.24. The van der Waals surface area contributed by atoms with Crippen molar-refractivity contribution in [3.8, 4) is 27.4 Å². The summed E-state index contributed by atoms with van der Waals surface area (Å²) in [6.45, 7) is 3.44. The van der Waals surface area contributed by atoms with Gasteiger partial charge in [0.15, 0.2) is 0 Å². The van der Waals surface area contributed by atoms with Crippen LogP contribution in [0.15, 0.2) is 53.5 Å². The van der Waals surface area contributed by atoms with Crippen molar-refractivity contribution in [3.63, 3.8) is 0 Å². The molecule has 10 heteroatoms. The molecule has 0 radical (unpaired) electrons. The van der Waals surface area contributed by atoms with Crippen molar-refractivity contribution in [2.24, 2.45) is 0 Å². The van der Waals surface area contributed by atoms with Gasteiger partial charge in [-0.1, -0.05) is 0 Å². The molecule has 0 saturated carbocycles. The summed E-state index contributed by atoms with van der Waals surface area (Å²) in [6.07, 6.45) is 2.68. The van der Waals surface area contributed by atoms with E-state index in [2.05, 4.69) is 0 Å². The minimum Gasteiger partial charge on any atom is -0.299 e. The van der Waals surface area contributed by atoms with Gasteiger partial charge in [0, 0.05) is 46.9 Å². The van der Waals surface area contributed by atoms with Crippen LogP contribution in [0, 0.1) is 31.3 Å². The Balaban J connectivity index is 1.67. The number of hydrogen-bond donors (Lipinski definition) is 2. The normalized spacial score (nSPS) is 16.6. The Morgan fingerprint density at radius 2 is 1.65 bits per heavy atom. The molecule has 1 fully saturated rings. The molecule has 2 aromatic heterocycles. The molecule has 0 amide bonds.